The molecule has 2 aromatic carbocycles. The van der Waals surface area contributed by atoms with E-state index in [2.05, 4.69) is 15.9 Å². The lowest BCUT2D eigenvalue weighted by Gasteiger charge is -2.33. The summed E-state index contributed by atoms with van der Waals surface area (Å²) in [5.41, 5.74) is 2.14. The summed E-state index contributed by atoms with van der Waals surface area (Å²) in [6, 6.07) is 15.0. The number of hydrogen-bond donors (Lipinski definition) is 0. The largest absolute Gasteiger partial charge is 0.420 e. The highest BCUT2D eigenvalue weighted by atomic mass is 79.9. The summed E-state index contributed by atoms with van der Waals surface area (Å²) in [6.45, 7) is 1.40. The van der Waals surface area contributed by atoms with E-state index in [0.29, 0.717) is 30.8 Å². The number of carbonyl (C=O) groups is 1. The number of carbonyl (C=O) groups excluding carboxylic acids is 1. The Kier molecular flexibility index (Phi) is 4.65. The number of benzene rings is 2. The smallest absolute Gasteiger partial charge is 0.408 e. The zero-order valence-corrected chi connectivity index (χ0v) is 15.5. The standard InChI is InChI=1S/C19H17BrN2O4/c20-14-7-5-13(6-8-14)17-11-21(9-10-25-17)18(23)12-22-15-3-1-2-4-16(15)26-19(22)24/h1-8,17H,9-12H2. The molecule has 26 heavy (non-hydrogen) atoms. The van der Waals surface area contributed by atoms with Crippen LogP contribution >= 0.6 is 15.9 Å². The molecule has 3 aromatic rings. The number of hydrogen-bond acceptors (Lipinski definition) is 4. The number of morpholine rings is 1. The quantitative estimate of drug-likeness (QED) is 0.658. The highest BCUT2D eigenvalue weighted by Gasteiger charge is 2.26. The molecule has 7 heteroatoms. The van der Waals surface area contributed by atoms with E-state index in [1.165, 1.54) is 4.57 Å². The second-order valence-electron chi connectivity index (χ2n) is 6.17. The molecule has 1 aliphatic rings. The van der Waals surface area contributed by atoms with Crippen molar-refractivity contribution in [2.24, 2.45) is 0 Å². The van der Waals surface area contributed by atoms with Crippen molar-refractivity contribution in [2.75, 3.05) is 19.7 Å². The van der Waals surface area contributed by atoms with Gasteiger partial charge in [-0.3, -0.25) is 9.36 Å². The molecule has 4 rings (SSSR count). The van der Waals surface area contributed by atoms with Crippen LogP contribution in [0.4, 0.5) is 0 Å². The van der Waals surface area contributed by atoms with Gasteiger partial charge in [-0.05, 0) is 29.8 Å². The third-order valence-corrected chi connectivity index (χ3v) is 5.06. The third-order valence-electron chi connectivity index (χ3n) is 4.53. The molecule has 0 spiro atoms. The van der Waals surface area contributed by atoms with E-state index in [9.17, 15) is 9.59 Å². The molecule has 1 aromatic heterocycles. The maximum Gasteiger partial charge on any atom is 0.420 e. The van der Waals surface area contributed by atoms with E-state index in [-0.39, 0.29) is 18.6 Å². The monoisotopic (exact) mass is 416 g/mol. The first kappa shape index (κ1) is 17.1. The third kappa shape index (κ3) is 3.32. The Morgan fingerprint density at radius 1 is 1.15 bits per heavy atom. The zero-order valence-electron chi connectivity index (χ0n) is 13.9. The van der Waals surface area contributed by atoms with Gasteiger partial charge in [0.25, 0.3) is 0 Å². The molecule has 2 heterocycles. The van der Waals surface area contributed by atoms with Gasteiger partial charge in [0.1, 0.15) is 12.6 Å². The lowest BCUT2D eigenvalue weighted by Crippen LogP contribution is -2.44. The number of aromatic nitrogens is 1. The van der Waals surface area contributed by atoms with Crippen LogP contribution in [0.5, 0.6) is 0 Å². The van der Waals surface area contributed by atoms with Crippen molar-refractivity contribution in [3.63, 3.8) is 0 Å². The molecule has 1 aliphatic heterocycles. The lowest BCUT2D eigenvalue weighted by atomic mass is 10.1. The Balaban J connectivity index is 1.51. The number of amides is 1. The second kappa shape index (κ2) is 7.09. The molecule has 1 amide bonds. The molecule has 0 aliphatic carbocycles. The summed E-state index contributed by atoms with van der Waals surface area (Å²) in [5, 5.41) is 0. The Bertz CT molecular complexity index is 993. The van der Waals surface area contributed by atoms with Crippen molar-refractivity contribution in [3.05, 3.63) is 69.1 Å². The second-order valence-corrected chi connectivity index (χ2v) is 7.09. The first-order valence-corrected chi connectivity index (χ1v) is 9.14. The molecular formula is C19H17BrN2O4. The van der Waals surface area contributed by atoms with E-state index in [1.807, 2.05) is 30.3 Å². The number of oxazole rings is 1. The van der Waals surface area contributed by atoms with Crippen LogP contribution in [-0.4, -0.2) is 35.1 Å². The van der Waals surface area contributed by atoms with Crippen molar-refractivity contribution in [2.45, 2.75) is 12.6 Å². The van der Waals surface area contributed by atoms with E-state index in [4.69, 9.17) is 9.15 Å². The van der Waals surface area contributed by atoms with Crippen molar-refractivity contribution in [3.8, 4) is 0 Å². The van der Waals surface area contributed by atoms with Gasteiger partial charge in [-0.2, -0.15) is 0 Å². The fraction of sp³-hybridized carbons (Fsp3) is 0.263. The van der Waals surface area contributed by atoms with Crippen molar-refractivity contribution < 1.29 is 13.9 Å². The zero-order chi connectivity index (χ0) is 18.1. The Labute approximate surface area is 158 Å². The average Bonchev–Trinajstić information content (AvgIpc) is 2.98. The van der Waals surface area contributed by atoms with Gasteiger partial charge in [-0.1, -0.05) is 40.2 Å². The van der Waals surface area contributed by atoms with E-state index in [0.717, 1.165) is 10.0 Å². The van der Waals surface area contributed by atoms with Crippen LogP contribution in [0, 0.1) is 0 Å². The topological polar surface area (TPSA) is 64.7 Å². The molecule has 0 N–H and O–H groups in total. The summed E-state index contributed by atoms with van der Waals surface area (Å²) in [6.07, 6.45) is -0.168. The van der Waals surface area contributed by atoms with Crippen molar-refractivity contribution in [1.82, 2.24) is 9.47 Å². The molecular weight excluding hydrogens is 400 g/mol. The molecule has 0 saturated carbocycles. The number of para-hydroxylation sites is 2. The maximum absolute atomic E-state index is 12.8. The molecule has 1 unspecified atom stereocenters. The first-order valence-electron chi connectivity index (χ1n) is 8.35. The summed E-state index contributed by atoms with van der Waals surface area (Å²) in [5.74, 6) is -0.638. The summed E-state index contributed by atoms with van der Waals surface area (Å²) >= 11 is 3.42. The molecule has 1 saturated heterocycles. The van der Waals surface area contributed by atoms with Gasteiger partial charge in [-0.25, -0.2) is 4.79 Å². The Morgan fingerprint density at radius 3 is 2.73 bits per heavy atom. The van der Waals surface area contributed by atoms with Crippen molar-refractivity contribution >= 4 is 32.9 Å². The van der Waals surface area contributed by atoms with E-state index < -0.39 is 5.76 Å². The van der Waals surface area contributed by atoms with Crippen LogP contribution in [-0.2, 0) is 16.1 Å². The minimum Gasteiger partial charge on any atom is -0.408 e. The average molecular weight is 417 g/mol. The Morgan fingerprint density at radius 2 is 1.92 bits per heavy atom. The SMILES string of the molecule is O=C(Cn1c(=O)oc2ccccc21)N1CCOC(c2ccc(Br)cc2)C1. The van der Waals surface area contributed by atoms with Crippen molar-refractivity contribution in [1.29, 1.82) is 0 Å². The number of rotatable bonds is 3. The Hall–Kier alpha value is -2.38. The van der Waals surface area contributed by atoms with E-state index in [1.54, 1.807) is 23.1 Å². The predicted molar refractivity (Wildman–Crippen MR) is 99.9 cm³/mol. The van der Waals surface area contributed by atoms with Gasteiger partial charge < -0.3 is 14.1 Å². The van der Waals surface area contributed by atoms with Gasteiger partial charge >= 0.3 is 5.76 Å². The van der Waals surface area contributed by atoms with Crippen LogP contribution in [0.15, 0.2) is 62.2 Å². The number of ether oxygens (including phenoxy) is 1. The lowest BCUT2D eigenvalue weighted by molar-refractivity contribution is -0.139. The van der Waals surface area contributed by atoms with Crippen LogP contribution in [0.3, 0.4) is 0 Å². The molecule has 0 radical (unpaired) electrons. The van der Waals surface area contributed by atoms with Crippen LogP contribution in [0.25, 0.3) is 11.1 Å². The molecule has 1 atom stereocenters. The van der Waals surface area contributed by atoms with Crippen LogP contribution in [0.2, 0.25) is 0 Å². The van der Waals surface area contributed by atoms with Gasteiger partial charge in [-0.15, -0.1) is 0 Å². The first-order chi connectivity index (χ1) is 12.6. The highest BCUT2D eigenvalue weighted by Crippen LogP contribution is 2.24. The predicted octanol–water partition coefficient (Wildman–Crippen LogP) is 2.96. The summed E-state index contributed by atoms with van der Waals surface area (Å²) < 4.78 is 13.4. The highest BCUT2D eigenvalue weighted by molar-refractivity contribution is 9.10. The van der Waals surface area contributed by atoms with Gasteiger partial charge in [0.15, 0.2) is 5.58 Å². The fourth-order valence-corrected chi connectivity index (χ4v) is 3.42. The van der Waals surface area contributed by atoms with Gasteiger partial charge in [0, 0.05) is 11.0 Å². The van der Waals surface area contributed by atoms with Gasteiger partial charge in [0.05, 0.1) is 18.7 Å². The molecule has 6 nitrogen and oxygen atoms in total. The van der Waals surface area contributed by atoms with E-state index >= 15 is 0 Å². The minimum absolute atomic E-state index is 0.0388. The number of halogens is 1. The number of fused-ring (bicyclic) bond motifs is 1. The minimum atomic E-state index is -0.516. The normalized spacial score (nSPS) is 17.6. The summed E-state index contributed by atoms with van der Waals surface area (Å²) in [4.78, 5) is 26.6. The fourth-order valence-electron chi connectivity index (χ4n) is 3.15. The van der Waals surface area contributed by atoms with Gasteiger partial charge in [0.2, 0.25) is 5.91 Å². The summed E-state index contributed by atoms with van der Waals surface area (Å²) in [7, 11) is 0. The molecule has 0 bridgehead atoms. The molecule has 1 fully saturated rings. The molecule has 134 valence electrons. The number of nitrogens with zero attached hydrogens (tertiary/aromatic N) is 2. The van der Waals surface area contributed by atoms with Crippen LogP contribution < -0.4 is 5.76 Å². The maximum atomic E-state index is 12.8. The van der Waals surface area contributed by atoms with Crippen LogP contribution in [0.1, 0.15) is 11.7 Å².